The van der Waals surface area contributed by atoms with Gasteiger partial charge in [0.1, 0.15) is 0 Å². The summed E-state index contributed by atoms with van der Waals surface area (Å²) in [5.41, 5.74) is 3.68. The van der Waals surface area contributed by atoms with Gasteiger partial charge in [-0.15, -0.1) is 12.4 Å². The van der Waals surface area contributed by atoms with E-state index in [0.29, 0.717) is 6.61 Å². The third-order valence-electron chi connectivity index (χ3n) is 4.02. The summed E-state index contributed by atoms with van der Waals surface area (Å²) in [6.45, 7) is 3.12. The maximum Gasteiger partial charge on any atom is 0.313 e. The minimum absolute atomic E-state index is 0. The molecule has 0 saturated heterocycles. The molecule has 3 rings (SSSR count). The van der Waals surface area contributed by atoms with Crippen LogP contribution in [0, 0.1) is 0 Å². The first kappa shape index (κ1) is 16.6. The lowest BCUT2D eigenvalue weighted by Crippen LogP contribution is -2.21. The molecule has 1 aliphatic rings. The number of carbonyl (C=O) groups is 1. The fourth-order valence-electron chi connectivity index (χ4n) is 3.04. The van der Waals surface area contributed by atoms with Gasteiger partial charge in [-0.2, -0.15) is 0 Å². The summed E-state index contributed by atoms with van der Waals surface area (Å²) in [5.74, 6) is -0.170. The number of hydrogen-bond donors (Lipinski definition) is 0. The van der Waals surface area contributed by atoms with E-state index in [2.05, 4.69) is 23.2 Å². The van der Waals surface area contributed by atoms with Gasteiger partial charge < -0.3 is 9.30 Å². The fraction of sp³-hybridized carbons (Fsp3) is 0.412. The van der Waals surface area contributed by atoms with Crippen LogP contribution in [-0.2, 0) is 22.5 Å². The average molecular weight is 321 g/mol. The summed E-state index contributed by atoms with van der Waals surface area (Å²) in [4.78, 5) is 16.1. The van der Waals surface area contributed by atoms with Crippen molar-refractivity contribution in [2.75, 3.05) is 6.61 Å². The number of aryl methyl sites for hydroxylation is 1. The van der Waals surface area contributed by atoms with Gasteiger partial charge in [0, 0.05) is 18.9 Å². The van der Waals surface area contributed by atoms with Gasteiger partial charge in [-0.3, -0.25) is 4.79 Å². The molecular formula is C17H21ClN2O2. The molecule has 0 radical (unpaired) electrons. The molecule has 5 heteroatoms. The SMILES string of the molecule is CCOC(=O)C1CCCc2cc(Cn3ccnc3)ccc21.Cl. The molecule has 2 aromatic rings. The zero-order valence-corrected chi connectivity index (χ0v) is 13.5. The molecule has 1 heterocycles. The van der Waals surface area contributed by atoms with Crippen LogP contribution in [-0.4, -0.2) is 22.1 Å². The Kier molecular flexibility index (Phi) is 5.61. The van der Waals surface area contributed by atoms with Gasteiger partial charge in [0.2, 0.25) is 0 Å². The highest BCUT2D eigenvalue weighted by atomic mass is 35.5. The summed E-state index contributed by atoms with van der Waals surface area (Å²) in [7, 11) is 0. The Morgan fingerprint density at radius 3 is 3.05 bits per heavy atom. The van der Waals surface area contributed by atoms with Gasteiger partial charge in [-0.05, 0) is 42.9 Å². The molecule has 0 spiro atoms. The lowest BCUT2D eigenvalue weighted by atomic mass is 9.82. The molecule has 1 aromatic carbocycles. The van der Waals surface area contributed by atoms with Crippen molar-refractivity contribution in [1.82, 2.24) is 9.55 Å². The Hall–Kier alpha value is -1.81. The number of benzene rings is 1. The number of ether oxygens (including phenoxy) is 1. The highest BCUT2D eigenvalue weighted by Gasteiger charge is 2.27. The van der Waals surface area contributed by atoms with Crippen LogP contribution in [0.4, 0.5) is 0 Å². The van der Waals surface area contributed by atoms with Crippen molar-refractivity contribution in [1.29, 1.82) is 0 Å². The van der Waals surface area contributed by atoms with Crippen LogP contribution in [0.3, 0.4) is 0 Å². The third-order valence-corrected chi connectivity index (χ3v) is 4.02. The lowest BCUT2D eigenvalue weighted by Gasteiger charge is -2.24. The quantitative estimate of drug-likeness (QED) is 0.812. The number of nitrogens with zero attached hydrogens (tertiary/aromatic N) is 2. The Bertz CT molecular complexity index is 626. The second-order valence-electron chi connectivity index (χ2n) is 5.47. The zero-order chi connectivity index (χ0) is 14.7. The predicted octanol–water partition coefficient (Wildman–Crippen LogP) is 3.34. The second kappa shape index (κ2) is 7.45. The van der Waals surface area contributed by atoms with E-state index >= 15 is 0 Å². The van der Waals surface area contributed by atoms with Gasteiger partial charge in [-0.1, -0.05) is 18.2 Å². The van der Waals surface area contributed by atoms with Crippen molar-refractivity contribution < 1.29 is 9.53 Å². The Morgan fingerprint density at radius 2 is 2.32 bits per heavy atom. The van der Waals surface area contributed by atoms with Crippen molar-refractivity contribution in [3.63, 3.8) is 0 Å². The van der Waals surface area contributed by atoms with E-state index in [1.165, 1.54) is 11.1 Å². The molecule has 0 amide bonds. The summed E-state index contributed by atoms with van der Waals surface area (Å²) >= 11 is 0. The second-order valence-corrected chi connectivity index (χ2v) is 5.47. The van der Waals surface area contributed by atoms with E-state index in [9.17, 15) is 4.79 Å². The summed E-state index contributed by atoms with van der Waals surface area (Å²) in [6.07, 6.45) is 8.55. The predicted molar refractivity (Wildman–Crippen MR) is 87.3 cm³/mol. The summed E-state index contributed by atoms with van der Waals surface area (Å²) < 4.78 is 7.25. The number of rotatable bonds is 4. The van der Waals surface area contributed by atoms with Gasteiger partial charge in [0.05, 0.1) is 18.9 Å². The van der Waals surface area contributed by atoms with E-state index in [0.717, 1.165) is 31.4 Å². The first-order valence-corrected chi connectivity index (χ1v) is 7.52. The number of halogens is 1. The third kappa shape index (κ3) is 3.50. The standard InChI is InChI=1S/C17H20N2O2.ClH/c1-2-21-17(20)16-5-3-4-14-10-13(6-7-15(14)16)11-19-9-8-18-12-19;/h6-10,12,16H,2-5,11H2,1H3;1H. The lowest BCUT2D eigenvalue weighted by molar-refractivity contribution is -0.145. The minimum atomic E-state index is -0.0870. The van der Waals surface area contributed by atoms with E-state index in [-0.39, 0.29) is 24.3 Å². The van der Waals surface area contributed by atoms with Crippen LogP contribution in [0.1, 0.15) is 42.4 Å². The van der Waals surface area contributed by atoms with Crippen LogP contribution < -0.4 is 0 Å². The molecule has 0 aliphatic heterocycles. The molecule has 118 valence electrons. The van der Waals surface area contributed by atoms with Crippen molar-refractivity contribution in [3.05, 3.63) is 53.6 Å². The summed E-state index contributed by atoms with van der Waals surface area (Å²) in [6, 6.07) is 6.43. The van der Waals surface area contributed by atoms with E-state index in [1.807, 2.05) is 24.0 Å². The zero-order valence-electron chi connectivity index (χ0n) is 12.7. The minimum Gasteiger partial charge on any atom is -0.466 e. The fourth-order valence-corrected chi connectivity index (χ4v) is 3.04. The maximum atomic E-state index is 12.1. The number of esters is 1. The Morgan fingerprint density at radius 1 is 1.45 bits per heavy atom. The van der Waals surface area contributed by atoms with Gasteiger partial charge >= 0.3 is 5.97 Å². The van der Waals surface area contributed by atoms with Gasteiger partial charge in [-0.25, -0.2) is 4.98 Å². The molecule has 0 saturated carbocycles. The van der Waals surface area contributed by atoms with Crippen LogP contribution in [0.25, 0.3) is 0 Å². The maximum absolute atomic E-state index is 12.1. The normalized spacial score (nSPS) is 16.5. The molecule has 0 fully saturated rings. The Labute approximate surface area is 136 Å². The Balaban J connectivity index is 0.00000176. The molecular weight excluding hydrogens is 300 g/mol. The van der Waals surface area contributed by atoms with E-state index in [4.69, 9.17) is 4.74 Å². The molecule has 1 atom stereocenters. The monoisotopic (exact) mass is 320 g/mol. The molecule has 4 nitrogen and oxygen atoms in total. The molecule has 22 heavy (non-hydrogen) atoms. The summed E-state index contributed by atoms with van der Waals surface area (Å²) in [5, 5.41) is 0. The average Bonchev–Trinajstić information content (AvgIpc) is 2.99. The number of aromatic nitrogens is 2. The molecule has 1 aliphatic carbocycles. The molecule has 0 bridgehead atoms. The van der Waals surface area contributed by atoms with Crippen LogP contribution in [0.2, 0.25) is 0 Å². The van der Waals surface area contributed by atoms with Gasteiger partial charge in [0.25, 0.3) is 0 Å². The van der Waals surface area contributed by atoms with Crippen LogP contribution in [0.15, 0.2) is 36.9 Å². The van der Waals surface area contributed by atoms with Gasteiger partial charge in [0.15, 0.2) is 0 Å². The number of hydrogen-bond acceptors (Lipinski definition) is 3. The van der Waals surface area contributed by atoms with Crippen molar-refractivity contribution in [3.8, 4) is 0 Å². The number of imidazole rings is 1. The van der Waals surface area contributed by atoms with Crippen LogP contribution >= 0.6 is 12.4 Å². The highest BCUT2D eigenvalue weighted by molar-refractivity contribution is 5.85. The van der Waals surface area contributed by atoms with Crippen molar-refractivity contribution in [2.45, 2.75) is 38.6 Å². The highest BCUT2D eigenvalue weighted by Crippen LogP contribution is 2.33. The molecule has 1 unspecified atom stereocenters. The first-order chi connectivity index (χ1) is 10.3. The van der Waals surface area contributed by atoms with E-state index < -0.39 is 0 Å². The topological polar surface area (TPSA) is 44.1 Å². The largest absolute Gasteiger partial charge is 0.466 e. The van der Waals surface area contributed by atoms with Crippen LogP contribution in [0.5, 0.6) is 0 Å². The smallest absolute Gasteiger partial charge is 0.313 e. The van der Waals surface area contributed by atoms with Crippen molar-refractivity contribution >= 4 is 18.4 Å². The number of carbonyl (C=O) groups excluding carboxylic acids is 1. The van der Waals surface area contributed by atoms with Crippen molar-refractivity contribution in [2.24, 2.45) is 0 Å². The van der Waals surface area contributed by atoms with E-state index in [1.54, 1.807) is 6.20 Å². The molecule has 1 aromatic heterocycles. The number of fused-ring (bicyclic) bond motifs is 1. The first-order valence-electron chi connectivity index (χ1n) is 7.52. The molecule has 0 N–H and O–H groups in total.